The van der Waals surface area contributed by atoms with Crippen LogP contribution in [0, 0.1) is 6.92 Å². The monoisotopic (exact) mass is 196 g/mol. The summed E-state index contributed by atoms with van der Waals surface area (Å²) in [6.45, 7) is 2.14. The summed E-state index contributed by atoms with van der Waals surface area (Å²) in [5, 5.41) is 0.734. The molecule has 1 saturated carbocycles. The van der Waals surface area contributed by atoms with E-state index in [2.05, 4.69) is 11.9 Å². The second kappa shape index (κ2) is 3.66. The van der Waals surface area contributed by atoms with Gasteiger partial charge in [-0.2, -0.15) is 0 Å². The highest BCUT2D eigenvalue weighted by molar-refractivity contribution is 7.15. The Morgan fingerprint density at radius 1 is 1.31 bits per heavy atom. The van der Waals surface area contributed by atoms with Gasteiger partial charge in [-0.3, -0.25) is 0 Å². The summed E-state index contributed by atoms with van der Waals surface area (Å²) in [5.41, 5.74) is 6.97. The molecule has 1 aromatic heterocycles. The first-order valence-corrected chi connectivity index (χ1v) is 5.82. The van der Waals surface area contributed by atoms with Crippen LogP contribution in [0.1, 0.15) is 48.6 Å². The average Bonchev–Trinajstić information content (AvgIpc) is 2.47. The average molecular weight is 196 g/mol. The number of nitrogens with zero attached hydrogens (tertiary/aromatic N) is 1. The van der Waals surface area contributed by atoms with E-state index in [0.29, 0.717) is 5.92 Å². The van der Waals surface area contributed by atoms with E-state index < -0.39 is 0 Å². The summed E-state index contributed by atoms with van der Waals surface area (Å²) < 4.78 is 0. The normalized spacial score (nSPS) is 19.2. The quantitative estimate of drug-likeness (QED) is 0.749. The molecule has 0 bridgehead atoms. The molecule has 0 atom stereocenters. The fourth-order valence-electron chi connectivity index (χ4n) is 2.18. The Morgan fingerprint density at radius 2 is 2.00 bits per heavy atom. The molecule has 1 fully saturated rings. The Balaban J connectivity index is 2.18. The number of rotatable bonds is 1. The van der Waals surface area contributed by atoms with Crippen LogP contribution in [0.2, 0.25) is 0 Å². The lowest BCUT2D eigenvalue weighted by molar-refractivity contribution is 0.437. The van der Waals surface area contributed by atoms with E-state index in [9.17, 15) is 0 Å². The summed E-state index contributed by atoms with van der Waals surface area (Å²) in [7, 11) is 0. The summed E-state index contributed by atoms with van der Waals surface area (Å²) in [4.78, 5) is 5.75. The fraction of sp³-hybridized carbons (Fsp3) is 0.700. The van der Waals surface area contributed by atoms with E-state index in [1.54, 1.807) is 11.3 Å². The van der Waals surface area contributed by atoms with Crippen molar-refractivity contribution in [2.75, 3.05) is 5.73 Å². The number of nitrogens with two attached hydrogens (primary N) is 1. The van der Waals surface area contributed by atoms with Gasteiger partial charge in [0.1, 0.15) is 0 Å². The van der Waals surface area contributed by atoms with Crippen molar-refractivity contribution in [2.24, 2.45) is 0 Å². The maximum atomic E-state index is 5.69. The minimum Gasteiger partial charge on any atom is -0.375 e. The number of thiazole rings is 1. The molecule has 0 radical (unpaired) electrons. The van der Waals surface area contributed by atoms with Crippen molar-refractivity contribution in [3.63, 3.8) is 0 Å². The van der Waals surface area contributed by atoms with E-state index in [0.717, 1.165) is 5.13 Å². The standard InChI is InChI=1S/C10H16N2S/c1-7-9(12-10(11)13-7)8-5-3-2-4-6-8/h8H,2-6H2,1H3,(H2,11,12). The molecule has 1 aromatic rings. The molecule has 2 rings (SSSR count). The van der Waals surface area contributed by atoms with Gasteiger partial charge in [0.25, 0.3) is 0 Å². The van der Waals surface area contributed by atoms with Crippen LogP contribution in [0.4, 0.5) is 5.13 Å². The van der Waals surface area contributed by atoms with Gasteiger partial charge in [-0.05, 0) is 19.8 Å². The molecule has 3 heteroatoms. The molecule has 0 unspecified atom stereocenters. The predicted octanol–water partition coefficient (Wildman–Crippen LogP) is 3.08. The molecule has 0 saturated heterocycles. The highest BCUT2D eigenvalue weighted by atomic mass is 32.1. The summed E-state index contributed by atoms with van der Waals surface area (Å²) >= 11 is 1.63. The van der Waals surface area contributed by atoms with Crippen molar-refractivity contribution in [2.45, 2.75) is 44.9 Å². The summed E-state index contributed by atoms with van der Waals surface area (Å²) in [5.74, 6) is 0.697. The summed E-state index contributed by atoms with van der Waals surface area (Å²) in [6, 6.07) is 0. The number of anilines is 1. The van der Waals surface area contributed by atoms with E-state index in [4.69, 9.17) is 5.73 Å². The van der Waals surface area contributed by atoms with Crippen LogP contribution in [-0.4, -0.2) is 4.98 Å². The number of aromatic nitrogens is 1. The SMILES string of the molecule is Cc1sc(N)nc1C1CCCCC1. The van der Waals surface area contributed by atoms with Crippen LogP contribution >= 0.6 is 11.3 Å². The van der Waals surface area contributed by atoms with Crippen molar-refractivity contribution >= 4 is 16.5 Å². The van der Waals surface area contributed by atoms with Gasteiger partial charge in [0, 0.05) is 10.8 Å². The zero-order valence-electron chi connectivity index (χ0n) is 8.05. The second-order valence-corrected chi connectivity index (χ2v) is 5.06. The van der Waals surface area contributed by atoms with E-state index >= 15 is 0 Å². The van der Waals surface area contributed by atoms with E-state index in [1.807, 2.05) is 0 Å². The Morgan fingerprint density at radius 3 is 2.54 bits per heavy atom. The maximum Gasteiger partial charge on any atom is 0.180 e. The highest BCUT2D eigenvalue weighted by Gasteiger charge is 2.20. The van der Waals surface area contributed by atoms with Crippen LogP contribution in [-0.2, 0) is 0 Å². The van der Waals surface area contributed by atoms with Gasteiger partial charge in [0.05, 0.1) is 5.69 Å². The van der Waals surface area contributed by atoms with Crippen LogP contribution in [0.3, 0.4) is 0 Å². The Bertz CT molecular complexity index is 287. The lowest BCUT2D eigenvalue weighted by atomic mass is 9.87. The molecule has 72 valence electrons. The maximum absolute atomic E-state index is 5.69. The molecule has 1 heterocycles. The van der Waals surface area contributed by atoms with E-state index in [1.165, 1.54) is 42.7 Å². The van der Waals surface area contributed by atoms with Crippen molar-refractivity contribution in [1.29, 1.82) is 0 Å². The largest absolute Gasteiger partial charge is 0.375 e. The number of hydrogen-bond acceptors (Lipinski definition) is 3. The summed E-state index contributed by atoms with van der Waals surface area (Å²) in [6.07, 6.45) is 6.74. The van der Waals surface area contributed by atoms with Gasteiger partial charge in [0.2, 0.25) is 0 Å². The molecule has 0 amide bonds. The minimum atomic E-state index is 0.697. The van der Waals surface area contributed by atoms with Gasteiger partial charge in [-0.1, -0.05) is 19.3 Å². The third-order valence-corrected chi connectivity index (χ3v) is 3.66. The Hall–Kier alpha value is -0.570. The lowest BCUT2D eigenvalue weighted by Gasteiger charge is -2.20. The number of hydrogen-bond donors (Lipinski definition) is 1. The van der Waals surface area contributed by atoms with Crippen LogP contribution in [0.5, 0.6) is 0 Å². The molecule has 0 spiro atoms. The first kappa shape index (κ1) is 9.00. The smallest absolute Gasteiger partial charge is 0.180 e. The van der Waals surface area contributed by atoms with Gasteiger partial charge < -0.3 is 5.73 Å². The van der Waals surface area contributed by atoms with Crippen molar-refractivity contribution in [3.05, 3.63) is 10.6 Å². The third-order valence-electron chi connectivity index (χ3n) is 2.84. The zero-order chi connectivity index (χ0) is 9.26. The molecule has 0 aliphatic heterocycles. The van der Waals surface area contributed by atoms with Gasteiger partial charge in [0.15, 0.2) is 5.13 Å². The topological polar surface area (TPSA) is 38.9 Å². The zero-order valence-corrected chi connectivity index (χ0v) is 8.86. The van der Waals surface area contributed by atoms with Gasteiger partial charge in [-0.15, -0.1) is 11.3 Å². The highest BCUT2D eigenvalue weighted by Crippen LogP contribution is 2.35. The first-order valence-electron chi connectivity index (χ1n) is 5.00. The third kappa shape index (κ3) is 1.85. The number of nitrogen functional groups attached to an aromatic ring is 1. The van der Waals surface area contributed by atoms with Crippen molar-refractivity contribution < 1.29 is 0 Å². The van der Waals surface area contributed by atoms with Gasteiger partial charge >= 0.3 is 0 Å². The van der Waals surface area contributed by atoms with Crippen LogP contribution in [0.15, 0.2) is 0 Å². The molecular formula is C10H16N2S. The van der Waals surface area contributed by atoms with Crippen molar-refractivity contribution in [1.82, 2.24) is 4.98 Å². The minimum absolute atomic E-state index is 0.697. The molecular weight excluding hydrogens is 180 g/mol. The second-order valence-electron chi connectivity index (χ2n) is 3.83. The lowest BCUT2D eigenvalue weighted by Crippen LogP contribution is -2.06. The Kier molecular flexibility index (Phi) is 2.54. The molecule has 2 N–H and O–H groups in total. The molecule has 1 aliphatic carbocycles. The van der Waals surface area contributed by atoms with Crippen molar-refractivity contribution in [3.8, 4) is 0 Å². The first-order chi connectivity index (χ1) is 6.27. The van der Waals surface area contributed by atoms with Crippen LogP contribution < -0.4 is 5.73 Å². The fourth-order valence-corrected chi connectivity index (χ4v) is 2.96. The number of aryl methyl sites for hydroxylation is 1. The van der Waals surface area contributed by atoms with Crippen LogP contribution in [0.25, 0.3) is 0 Å². The molecule has 2 nitrogen and oxygen atoms in total. The van der Waals surface area contributed by atoms with E-state index in [-0.39, 0.29) is 0 Å². The molecule has 13 heavy (non-hydrogen) atoms. The predicted molar refractivity (Wildman–Crippen MR) is 57.1 cm³/mol. The molecule has 1 aliphatic rings. The van der Waals surface area contributed by atoms with Gasteiger partial charge in [-0.25, -0.2) is 4.98 Å². The molecule has 0 aromatic carbocycles. The Labute approximate surface area is 83.2 Å².